The van der Waals surface area contributed by atoms with E-state index in [1.807, 2.05) is 12.1 Å². The lowest BCUT2D eigenvalue weighted by Crippen LogP contribution is -2.37. The van der Waals surface area contributed by atoms with Gasteiger partial charge in [-0.2, -0.15) is 0 Å². The second-order valence-electron chi connectivity index (χ2n) is 6.89. The van der Waals surface area contributed by atoms with Crippen LogP contribution in [0.1, 0.15) is 39.2 Å². The average Bonchev–Trinajstić information content (AvgIpc) is 2.45. The van der Waals surface area contributed by atoms with Gasteiger partial charge in [-0.25, -0.2) is 4.79 Å². The molecule has 1 fully saturated rings. The molecule has 2 rings (SSSR count). The summed E-state index contributed by atoms with van der Waals surface area (Å²) in [6.45, 7) is 9.20. The molecule has 0 saturated carbocycles. The summed E-state index contributed by atoms with van der Waals surface area (Å²) < 4.78 is 0. The van der Waals surface area contributed by atoms with Crippen molar-refractivity contribution >= 4 is 17.7 Å². The number of piperidine rings is 1. The van der Waals surface area contributed by atoms with Gasteiger partial charge in [-0.05, 0) is 47.9 Å². The van der Waals surface area contributed by atoms with Gasteiger partial charge in [0.1, 0.15) is 0 Å². The Morgan fingerprint density at radius 1 is 1.19 bits per heavy atom. The van der Waals surface area contributed by atoms with E-state index < -0.39 is 5.97 Å². The first-order valence-electron chi connectivity index (χ1n) is 7.62. The molecule has 0 amide bonds. The van der Waals surface area contributed by atoms with Gasteiger partial charge in [0.2, 0.25) is 0 Å². The highest BCUT2D eigenvalue weighted by molar-refractivity contribution is 5.85. The van der Waals surface area contributed by atoms with Crippen LogP contribution in [0, 0.1) is 11.3 Å². The average molecular weight is 287 g/mol. The quantitative estimate of drug-likeness (QED) is 0.853. The number of hydrogen-bond donors (Lipinski definition) is 1. The number of nitrogens with zero attached hydrogens (tertiary/aromatic N) is 1. The molecule has 0 bridgehead atoms. The SMILES string of the molecule is CC(C)(C)C1CCN(c2ccc(C=CC(=O)O)cc2)CC1. The molecule has 0 aliphatic carbocycles. The molecule has 3 nitrogen and oxygen atoms in total. The molecule has 0 radical (unpaired) electrons. The number of carbonyl (C=O) groups is 1. The summed E-state index contributed by atoms with van der Waals surface area (Å²) in [5.41, 5.74) is 2.55. The van der Waals surface area contributed by atoms with Crippen LogP contribution in [0.5, 0.6) is 0 Å². The number of hydrogen-bond acceptors (Lipinski definition) is 2. The number of rotatable bonds is 3. The third kappa shape index (κ3) is 4.35. The summed E-state index contributed by atoms with van der Waals surface area (Å²) in [5, 5.41) is 8.63. The molecule has 3 heteroatoms. The third-order valence-corrected chi connectivity index (χ3v) is 4.40. The van der Waals surface area contributed by atoms with Crippen LogP contribution in [0.3, 0.4) is 0 Å². The van der Waals surface area contributed by atoms with E-state index in [-0.39, 0.29) is 0 Å². The number of benzene rings is 1. The van der Waals surface area contributed by atoms with E-state index in [9.17, 15) is 4.79 Å². The largest absolute Gasteiger partial charge is 0.478 e. The summed E-state index contributed by atoms with van der Waals surface area (Å²) in [6, 6.07) is 8.12. The fraction of sp³-hybridized carbons (Fsp3) is 0.500. The van der Waals surface area contributed by atoms with Crippen LogP contribution >= 0.6 is 0 Å². The second kappa shape index (κ2) is 6.33. The van der Waals surface area contributed by atoms with E-state index in [4.69, 9.17) is 5.11 Å². The Balaban J connectivity index is 1.96. The van der Waals surface area contributed by atoms with Gasteiger partial charge in [0.25, 0.3) is 0 Å². The van der Waals surface area contributed by atoms with Crippen LogP contribution in [0.4, 0.5) is 5.69 Å². The maximum atomic E-state index is 10.5. The van der Waals surface area contributed by atoms with Gasteiger partial charge in [-0.1, -0.05) is 32.9 Å². The summed E-state index contributed by atoms with van der Waals surface area (Å²) in [7, 11) is 0. The predicted octanol–water partition coefficient (Wildman–Crippen LogP) is 4.05. The molecule has 0 unspecified atom stereocenters. The van der Waals surface area contributed by atoms with Gasteiger partial charge in [-0.15, -0.1) is 0 Å². The lowest BCUT2D eigenvalue weighted by molar-refractivity contribution is -0.131. The molecule has 1 aromatic carbocycles. The normalized spacial score (nSPS) is 17.4. The van der Waals surface area contributed by atoms with Crippen molar-refractivity contribution in [3.63, 3.8) is 0 Å². The highest BCUT2D eigenvalue weighted by Crippen LogP contribution is 2.35. The van der Waals surface area contributed by atoms with Crippen molar-refractivity contribution in [1.29, 1.82) is 0 Å². The van der Waals surface area contributed by atoms with E-state index in [1.165, 1.54) is 24.6 Å². The molecule has 1 heterocycles. The Morgan fingerprint density at radius 3 is 2.24 bits per heavy atom. The molecule has 114 valence electrons. The van der Waals surface area contributed by atoms with Crippen molar-refractivity contribution in [1.82, 2.24) is 0 Å². The number of carboxylic acids is 1. The Labute approximate surface area is 127 Å². The Kier molecular flexibility index (Phi) is 4.71. The number of carboxylic acid groups (broad SMARTS) is 1. The van der Waals surface area contributed by atoms with E-state index in [0.717, 1.165) is 24.6 Å². The molecular weight excluding hydrogens is 262 g/mol. The Bertz CT molecular complexity index is 503. The molecule has 0 spiro atoms. The van der Waals surface area contributed by atoms with Crippen molar-refractivity contribution in [3.05, 3.63) is 35.9 Å². The van der Waals surface area contributed by atoms with Gasteiger partial charge < -0.3 is 10.0 Å². The minimum atomic E-state index is -0.914. The zero-order valence-electron chi connectivity index (χ0n) is 13.2. The summed E-state index contributed by atoms with van der Waals surface area (Å²) in [4.78, 5) is 12.9. The second-order valence-corrected chi connectivity index (χ2v) is 6.89. The molecule has 1 N–H and O–H groups in total. The first-order chi connectivity index (χ1) is 9.86. The van der Waals surface area contributed by atoms with Crippen molar-refractivity contribution in [2.24, 2.45) is 11.3 Å². The van der Waals surface area contributed by atoms with Crippen LogP contribution in [0.25, 0.3) is 6.08 Å². The van der Waals surface area contributed by atoms with Crippen LogP contribution in [-0.4, -0.2) is 24.2 Å². The lowest BCUT2D eigenvalue weighted by Gasteiger charge is -2.39. The van der Waals surface area contributed by atoms with Gasteiger partial charge >= 0.3 is 5.97 Å². The predicted molar refractivity (Wildman–Crippen MR) is 87.5 cm³/mol. The molecule has 1 saturated heterocycles. The molecule has 0 atom stereocenters. The van der Waals surface area contributed by atoms with Gasteiger partial charge in [0, 0.05) is 24.9 Å². The topological polar surface area (TPSA) is 40.5 Å². The first-order valence-corrected chi connectivity index (χ1v) is 7.62. The standard InChI is InChI=1S/C18H25NO2/c1-18(2,3)15-10-12-19(13-11-15)16-7-4-14(5-8-16)6-9-17(20)21/h4-9,15H,10-13H2,1-3H3,(H,20,21). The fourth-order valence-electron chi connectivity index (χ4n) is 2.97. The Hall–Kier alpha value is -1.77. The van der Waals surface area contributed by atoms with Crippen LogP contribution < -0.4 is 4.90 Å². The number of anilines is 1. The van der Waals surface area contributed by atoms with Crippen LogP contribution in [-0.2, 0) is 4.79 Å². The van der Waals surface area contributed by atoms with E-state index in [0.29, 0.717) is 5.41 Å². The van der Waals surface area contributed by atoms with Crippen molar-refractivity contribution in [3.8, 4) is 0 Å². The zero-order chi connectivity index (χ0) is 15.5. The van der Waals surface area contributed by atoms with E-state index in [2.05, 4.69) is 37.8 Å². The monoisotopic (exact) mass is 287 g/mol. The fourth-order valence-corrected chi connectivity index (χ4v) is 2.97. The van der Waals surface area contributed by atoms with Crippen LogP contribution in [0.15, 0.2) is 30.3 Å². The first kappa shape index (κ1) is 15.6. The van der Waals surface area contributed by atoms with E-state index in [1.54, 1.807) is 6.08 Å². The minimum Gasteiger partial charge on any atom is -0.478 e. The van der Waals surface area contributed by atoms with Crippen molar-refractivity contribution in [2.45, 2.75) is 33.6 Å². The molecule has 0 aromatic heterocycles. The van der Waals surface area contributed by atoms with Gasteiger partial charge in [-0.3, -0.25) is 0 Å². The highest BCUT2D eigenvalue weighted by atomic mass is 16.4. The Morgan fingerprint density at radius 2 is 1.76 bits per heavy atom. The summed E-state index contributed by atoms with van der Waals surface area (Å²) in [6.07, 6.45) is 5.27. The van der Waals surface area contributed by atoms with Gasteiger partial charge in [0.15, 0.2) is 0 Å². The van der Waals surface area contributed by atoms with Crippen molar-refractivity contribution < 1.29 is 9.90 Å². The maximum Gasteiger partial charge on any atom is 0.328 e. The lowest BCUT2D eigenvalue weighted by atomic mass is 9.75. The molecule has 21 heavy (non-hydrogen) atoms. The maximum absolute atomic E-state index is 10.5. The minimum absolute atomic E-state index is 0.400. The van der Waals surface area contributed by atoms with Gasteiger partial charge in [0.05, 0.1) is 0 Å². The molecule has 1 aliphatic rings. The zero-order valence-corrected chi connectivity index (χ0v) is 13.2. The van der Waals surface area contributed by atoms with Crippen molar-refractivity contribution in [2.75, 3.05) is 18.0 Å². The molecule has 1 aliphatic heterocycles. The highest BCUT2D eigenvalue weighted by Gasteiger charge is 2.28. The summed E-state index contributed by atoms with van der Waals surface area (Å²) in [5.74, 6) is -0.116. The summed E-state index contributed by atoms with van der Waals surface area (Å²) >= 11 is 0. The van der Waals surface area contributed by atoms with E-state index >= 15 is 0 Å². The number of aliphatic carboxylic acids is 1. The molecular formula is C18H25NO2. The molecule has 1 aromatic rings. The smallest absolute Gasteiger partial charge is 0.328 e. The third-order valence-electron chi connectivity index (χ3n) is 4.40. The van der Waals surface area contributed by atoms with Crippen LogP contribution in [0.2, 0.25) is 0 Å².